The van der Waals surface area contributed by atoms with Crippen LogP contribution >= 0.6 is 11.6 Å². The topological polar surface area (TPSA) is 56.7 Å². The summed E-state index contributed by atoms with van der Waals surface area (Å²) in [6.45, 7) is 0. The van der Waals surface area contributed by atoms with Gasteiger partial charge in [-0.05, 0) is 37.8 Å². The highest BCUT2D eigenvalue weighted by atomic mass is 35.5. The van der Waals surface area contributed by atoms with Gasteiger partial charge in [-0.1, -0.05) is 22.9 Å². The molecule has 2 N–H and O–H groups in total. The molecule has 23 heavy (non-hydrogen) atoms. The van der Waals surface area contributed by atoms with Crippen molar-refractivity contribution in [2.24, 2.45) is 5.73 Å². The van der Waals surface area contributed by atoms with Crippen LogP contribution < -0.4 is 5.73 Å². The van der Waals surface area contributed by atoms with Gasteiger partial charge in [0.1, 0.15) is 0 Å². The van der Waals surface area contributed by atoms with E-state index in [9.17, 15) is 13.2 Å². The first-order valence-electron chi connectivity index (χ1n) is 7.40. The Balaban J connectivity index is 1.89. The van der Waals surface area contributed by atoms with Crippen LogP contribution in [0.3, 0.4) is 0 Å². The largest absolute Gasteiger partial charge is 0.417 e. The van der Waals surface area contributed by atoms with Crippen molar-refractivity contribution in [2.45, 2.75) is 43.8 Å². The predicted octanol–water partition coefficient (Wildman–Crippen LogP) is 3.92. The summed E-state index contributed by atoms with van der Waals surface area (Å²) < 4.78 is 40.1. The average molecular weight is 345 g/mol. The lowest BCUT2D eigenvalue weighted by Gasteiger charge is -2.24. The molecule has 0 bridgehead atoms. The van der Waals surface area contributed by atoms with Crippen molar-refractivity contribution in [3.8, 4) is 5.69 Å². The third-order valence-electron chi connectivity index (χ3n) is 4.23. The monoisotopic (exact) mass is 344 g/mol. The zero-order chi connectivity index (χ0) is 16.6. The van der Waals surface area contributed by atoms with Crippen molar-refractivity contribution in [3.05, 3.63) is 40.7 Å². The molecule has 0 spiro atoms. The summed E-state index contributed by atoms with van der Waals surface area (Å²) in [6.07, 6.45) is 0.814. The Bertz CT molecular complexity index is 690. The molecule has 1 aromatic carbocycles. The van der Waals surface area contributed by atoms with E-state index in [1.54, 1.807) is 6.20 Å². The lowest BCUT2D eigenvalue weighted by Crippen LogP contribution is -2.25. The summed E-state index contributed by atoms with van der Waals surface area (Å²) in [5.41, 5.74) is 5.95. The Labute approximate surface area is 136 Å². The molecule has 0 saturated heterocycles. The molecule has 1 aliphatic rings. The third kappa shape index (κ3) is 3.35. The van der Waals surface area contributed by atoms with Crippen LogP contribution in [0, 0.1) is 0 Å². The Morgan fingerprint density at radius 2 is 1.87 bits per heavy atom. The van der Waals surface area contributed by atoms with Gasteiger partial charge in [0.05, 0.1) is 28.2 Å². The number of alkyl halides is 3. The van der Waals surface area contributed by atoms with Crippen molar-refractivity contribution >= 4 is 11.6 Å². The number of halogens is 4. The lowest BCUT2D eigenvalue weighted by atomic mass is 9.85. The molecule has 1 fully saturated rings. The molecular formula is C15H16ClF3N4. The number of nitrogens with zero attached hydrogens (tertiary/aromatic N) is 3. The highest BCUT2D eigenvalue weighted by Crippen LogP contribution is 2.37. The number of hydrogen-bond donors (Lipinski definition) is 1. The van der Waals surface area contributed by atoms with E-state index in [0.717, 1.165) is 37.4 Å². The predicted molar refractivity (Wildman–Crippen MR) is 80.6 cm³/mol. The van der Waals surface area contributed by atoms with Gasteiger partial charge in [0.25, 0.3) is 0 Å². The minimum absolute atomic E-state index is 0.174. The molecule has 2 aromatic rings. The molecule has 0 aliphatic heterocycles. The normalized spacial score (nSPS) is 22.3. The van der Waals surface area contributed by atoms with Crippen LogP contribution in [0.4, 0.5) is 13.2 Å². The zero-order valence-corrected chi connectivity index (χ0v) is 13.0. The maximum absolute atomic E-state index is 12.9. The molecule has 0 amide bonds. The van der Waals surface area contributed by atoms with Gasteiger partial charge in [-0.25, -0.2) is 4.68 Å². The van der Waals surface area contributed by atoms with Gasteiger partial charge in [-0.3, -0.25) is 0 Å². The average Bonchev–Trinajstić information content (AvgIpc) is 2.96. The number of hydrogen-bond acceptors (Lipinski definition) is 3. The molecule has 8 heteroatoms. The van der Waals surface area contributed by atoms with Crippen LogP contribution in [-0.4, -0.2) is 21.0 Å². The van der Waals surface area contributed by atoms with Crippen molar-refractivity contribution in [1.82, 2.24) is 15.0 Å². The van der Waals surface area contributed by atoms with Crippen LogP contribution in [0.15, 0.2) is 24.4 Å². The minimum atomic E-state index is -4.50. The van der Waals surface area contributed by atoms with Crippen LogP contribution in [0.5, 0.6) is 0 Å². The fourth-order valence-corrected chi connectivity index (χ4v) is 3.23. The summed E-state index contributed by atoms with van der Waals surface area (Å²) in [4.78, 5) is 0. The number of nitrogens with two attached hydrogens (primary N) is 1. The van der Waals surface area contributed by atoms with E-state index in [1.165, 1.54) is 16.8 Å². The summed E-state index contributed by atoms with van der Waals surface area (Å²) in [6, 6.07) is 3.98. The number of rotatable bonds is 2. The summed E-state index contributed by atoms with van der Waals surface area (Å²) in [5, 5.41) is 7.68. The third-order valence-corrected chi connectivity index (χ3v) is 4.63. The van der Waals surface area contributed by atoms with Gasteiger partial charge in [0, 0.05) is 12.0 Å². The summed E-state index contributed by atoms with van der Waals surface area (Å²) in [7, 11) is 0. The second-order valence-electron chi connectivity index (χ2n) is 5.84. The van der Waals surface area contributed by atoms with Crippen molar-refractivity contribution in [1.29, 1.82) is 0 Å². The molecule has 4 nitrogen and oxygen atoms in total. The Kier molecular flexibility index (Phi) is 4.33. The van der Waals surface area contributed by atoms with Crippen molar-refractivity contribution < 1.29 is 13.2 Å². The standard InChI is InChI=1S/C15H16ClF3N4/c16-14-11(15(17,18)19)2-1-3-13(14)23-8-12(21-22-23)9-4-6-10(20)7-5-9/h1-3,8-10H,4-7,20H2. The first-order valence-corrected chi connectivity index (χ1v) is 7.78. The quantitative estimate of drug-likeness (QED) is 0.898. The smallest absolute Gasteiger partial charge is 0.328 e. The van der Waals surface area contributed by atoms with E-state index < -0.39 is 11.7 Å². The van der Waals surface area contributed by atoms with Gasteiger partial charge < -0.3 is 5.73 Å². The van der Waals surface area contributed by atoms with Crippen LogP contribution in [0.1, 0.15) is 42.9 Å². The molecule has 124 valence electrons. The Hall–Kier alpha value is -1.60. The van der Waals surface area contributed by atoms with Gasteiger partial charge in [-0.2, -0.15) is 13.2 Å². The lowest BCUT2D eigenvalue weighted by molar-refractivity contribution is -0.137. The van der Waals surface area contributed by atoms with Crippen LogP contribution in [0.25, 0.3) is 5.69 Å². The molecule has 0 radical (unpaired) electrons. The molecule has 0 unspecified atom stereocenters. The molecule has 1 heterocycles. The second-order valence-corrected chi connectivity index (χ2v) is 6.21. The molecular weight excluding hydrogens is 329 g/mol. The highest BCUT2D eigenvalue weighted by molar-refractivity contribution is 6.33. The van der Waals surface area contributed by atoms with Crippen molar-refractivity contribution in [3.63, 3.8) is 0 Å². The zero-order valence-electron chi connectivity index (χ0n) is 12.2. The van der Waals surface area contributed by atoms with Crippen molar-refractivity contribution in [2.75, 3.05) is 0 Å². The first-order chi connectivity index (χ1) is 10.9. The van der Waals surface area contributed by atoms with E-state index in [1.807, 2.05) is 0 Å². The fraction of sp³-hybridized carbons (Fsp3) is 0.467. The van der Waals surface area contributed by atoms with E-state index in [4.69, 9.17) is 17.3 Å². The summed E-state index contributed by atoms with van der Waals surface area (Å²) in [5.74, 6) is 0.244. The van der Waals surface area contributed by atoms with E-state index in [0.29, 0.717) is 0 Å². The van der Waals surface area contributed by atoms with E-state index >= 15 is 0 Å². The summed E-state index contributed by atoms with van der Waals surface area (Å²) >= 11 is 5.92. The van der Waals surface area contributed by atoms with Crippen LogP contribution in [0.2, 0.25) is 5.02 Å². The van der Waals surface area contributed by atoms with Crippen LogP contribution in [-0.2, 0) is 6.18 Å². The minimum Gasteiger partial charge on any atom is -0.328 e. The van der Waals surface area contributed by atoms with E-state index in [-0.39, 0.29) is 22.7 Å². The Morgan fingerprint density at radius 3 is 2.52 bits per heavy atom. The Morgan fingerprint density at radius 1 is 1.17 bits per heavy atom. The number of benzene rings is 1. The van der Waals surface area contributed by atoms with Gasteiger partial charge >= 0.3 is 6.18 Å². The van der Waals surface area contributed by atoms with E-state index in [2.05, 4.69) is 10.3 Å². The molecule has 1 saturated carbocycles. The molecule has 1 aromatic heterocycles. The molecule has 1 aliphatic carbocycles. The fourth-order valence-electron chi connectivity index (χ4n) is 2.91. The van der Waals surface area contributed by atoms with Gasteiger partial charge in [-0.15, -0.1) is 5.10 Å². The van der Waals surface area contributed by atoms with Gasteiger partial charge in [0.15, 0.2) is 0 Å². The van der Waals surface area contributed by atoms with Gasteiger partial charge in [0.2, 0.25) is 0 Å². The first kappa shape index (κ1) is 16.3. The molecule has 0 atom stereocenters. The maximum atomic E-state index is 12.9. The number of aromatic nitrogens is 3. The SMILES string of the molecule is NC1CCC(c2cn(-c3cccc(C(F)(F)F)c3Cl)nn2)CC1. The second kappa shape index (κ2) is 6.13. The molecule has 3 rings (SSSR count). The highest BCUT2D eigenvalue weighted by Gasteiger charge is 2.34. The maximum Gasteiger partial charge on any atom is 0.417 e.